The van der Waals surface area contributed by atoms with Crippen LogP contribution in [-0.2, 0) is 0 Å². The first-order valence-electron chi connectivity index (χ1n) is 7.28. The topological polar surface area (TPSA) is 27.7 Å². The lowest BCUT2D eigenvalue weighted by molar-refractivity contribution is 0.291. The Morgan fingerprint density at radius 2 is 1.82 bits per heavy atom. The number of hydrogen-bond acceptors (Lipinski definition) is 4. The van der Waals surface area contributed by atoms with Crippen LogP contribution in [0.25, 0.3) is 11.1 Å². The van der Waals surface area contributed by atoms with Gasteiger partial charge in [0.25, 0.3) is 0 Å². The maximum absolute atomic E-state index is 5.98. The Balaban J connectivity index is 2.36. The molecular formula is C18H22O3S. The molecule has 0 bridgehead atoms. The molecule has 22 heavy (non-hydrogen) atoms. The van der Waals surface area contributed by atoms with Crippen molar-refractivity contribution >= 4 is 12.6 Å². The van der Waals surface area contributed by atoms with Crippen molar-refractivity contribution in [2.45, 2.75) is 18.6 Å². The van der Waals surface area contributed by atoms with E-state index < -0.39 is 0 Å². The van der Waals surface area contributed by atoms with Gasteiger partial charge in [0, 0.05) is 10.8 Å². The second-order valence-corrected chi connectivity index (χ2v) is 5.94. The molecule has 0 spiro atoms. The maximum Gasteiger partial charge on any atom is 0.168 e. The van der Waals surface area contributed by atoms with E-state index in [4.69, 9.17) is 14.2 Å². The molecular weight excluding hydrogens is 296 g/mol. The molecule has 0 amide bonds. The van der Waals surface area contributed by atoms with Crippen molar-refractivity contribution in [2.75, 3.05) is 20.8 Å². The van der Waals surface area contributed by atoms with Gasteiger partial charge in [0.1, 0.15) is 5.75 Å². The van der Waals surface area contributed by atoms with Gasteiger partial charge in [-0.2, -0.15) is 12.6 Å². The summed E-state index contributed by atoms with van der Waals surface area (Å²) in [5.74, 6) is 2.30. The fraction of sp³-hybridized carbons (Fsp3) is 0.333. The molecule has 0 N–H and O–H groups in total. The molecule has 2 aromatic rings. The van der Waals surface area contributed by atoms with Gasteiger partial charge in [-0.1, -0.05) is 31.2 Å². The number of thiol groups is 1. The standard InChI is InChI=1S/C18H22O3S/c1-13(22)10-11-21-18-16(8-5-9-17(18)20-3)14-6-4-7-15(12-14)19-2/h4-9,12-13,22H,10-11H2,1-3H3. The lowest BCUT2D eigenvalue weighted by Gasteiger charge is -2.16. The highest BCUT2D eigenvalue weighted by molar-refractivity contribution is 7.80. The van der Waals surface area contributed by atoms with Gasteiger partial charge in [-0.15, -0.1) is 0 Å². The molecule has 2 rings (SSSR count). The molecule has 0 fully saturated rings. The summed E-state index contributed by atoms with van der Waals surface area (Å²) in [5, 5.41) is 0.301. The molecule has 0 heterocycles. The van der Waals surface area contributed by atoms with E-state index in [0.29, 0.717) is 11.9 Å². The fourth-order valence-corrected chi connectivity index (χ4v) is 2.28. The molecule has 0 aliphatic rings. The van der Waals surface area contributed by atoms with Crippen LogP contribution in [0.5, 0.6) is 17.2 Å². The molecule has 118 valence electrons. The van der Waals surface area contributed by atoms with E-state index in [1.54, 1.807) is 14.2 Å². The molecule has 0 aromatic heterocycles. The summed E-state index contributed by atoms with van der Waals surface area (Å²) in [6.45, 7) is 2.65. The third-order valence-electron chi connectivity index (χ3n) is 3.36. The first-order chi connectivity index (χ1) is 10.7. The van der Waals surface area contributed by atoms with Crippen molar-refractivity contribution in [1.82, 2.24) is 0 Å². The largest absolute Gasteiger partial charge is 0.497 e. The van der Waals surface area contributed by atoms with E-state index in [9.17, 15) is 0 Å². The Morgan fingerprint density at radius 3 is 2.50 bits per heavy atom. The van der Waals surface area contributed by atoms with E-state index in [-0.39, 0.29) is 0 Å². The molecule has 0 aliphatic carbocycles. The summed E-state index contributed by atoms with van der Waals surface area (Å²) in [7, 11) is 3.31. The van der Waals surface area contributed by atoms with Crippen LogP contribution in [0.4, 0.5) is 0 Å². The summed E-state index contributed by atoms with van der Waals surface area (Å²) < 4.78 is 16.7. The van der Waals surface area contributed by atoms with E-state index in [1.807, 2.05) is 42.5 Å². The van der Waals surface area contributed by atoms with Crippen molar-refractivity contribution in [3.63, 3.8) is 0 Å². The maximum atomic E-state index is 5.98. The summed E-state index contributed by atoms with van der Waals surface area (Å²) in [6.07, 6.45) is 0.874. The van der Waals surface area contributed by atoms with Gasteiger partial charge in [0.05, 0.1) is 20.8 Å². The van der Waals surface area contributed by atoms with Crippen molar-refractivity contribution < 1.29 is 14.2 Å². The van der Waals surface area contributed by atoms with Crippen LogP contribution in [0.3, 0.4) is 0 Å². The number of rotatable bonds is 7. The van der Waals surface area contributed by atoms with Gasteiger partial charge >= 0.3 is 0 Å². The monoisotopic (exact) mass is 318 g/mol. The number of methoxy groups -OCH3 is 2. The molecule has 1 unspecified atom stereocenters. The predicted molar refractivity (Wildman–Crippen MR) is 93.5 cm³/mol. The zero-order valence-electron chi connectivity index (χ0n) is 13.2. The van der Waals surface area contributed by atoms with Crippen molar-refractivity contribution in [3.8, 4) is 28.4 Å². The van der Waals surface area contributed by atoms with Crippen molar-refractivity contribution in [2.24, 2.45) is 0 Å². The highest BCUT2D eigenvalue weighted by Crippen LogP contribution is 2.39. The van der Waals surface area contributed by atoms with Crippen LogP contribution in [0.1, 0.15) is 13.3 Å². The van der Waals surface area contributed by atoms with Crippen LogP contribution >= 0.6 is 12.6 Å². The molecule has 4 heteroatoms. The van der Waals surface area contributed by atoms with Gasteiger partial charge in [0.2, 0.25) is 0 Å². The minimum atomic E-state index is 0.301. The van der Waals surface area contributed by atoms with Gasteiger partial charge < -0.3 is 14.2 Å². The highest BCUT2D eigenvalue weighted by atomic mass is 32.1. The first kappa shape index (κ1) is 16.6. The molecule has 2 aromatic carbocycles. The average Bonchev–Trinajstić information content (AvgIpc) is 2.54. The second kappa shape index (κ2) is 7.99. The minimum Gasteiger partial charge on any atom is -0.497 e. The number of hydrogen-bond donors (Lipinski definition) is 1. The lowest BCUT2D eigenvalue weighted by atomic mass is 10.0. The average molecular weight is 318 g/mol. The number of benzene rings is 2. The molecule has 3 nitrogen and oxygen atoms in total. The van der Waals surface area contributed by atoms with Crippen LogP contribution in [0.2, 0.25) is 0 Å². The minimum absolute atomic E-state index is 0.301. The predicted octanol–water partition coefficient (Wildman–Crippen LogP) is 4.46. The lowest BCUT2D eigenvalue weighted by Crippen LogP contribution is -2.05. The van der Waals surface area contributed by atoms with Gasteiger partial charge in [0.15, 0.2) is 11.5 Å². The van der Waals surface area contributed by atoms with E-state index in [2.05, 4.69) is 19.6 Å². The van der Waals surface area contributed by atoms with Crippen LogP contribution in [0.15, 0.2) is 42.5 Å². The Morgan fingerprint density at radius 1 is 1.05 bits per heavy atom. The summed E-state index contributed by atoms with van der Waals surface area (Å²) in [6, 6.07) is 13.8. The Bertz CT molecular complexity index is 611. The zero-order valence-corrected chi connectivity index (χ0v) is 14.1. The van der Waals surface area contributed by atoms with Gasteiger partial charge in [-0.05, 0) is 30.2 Å². The highest BCUT2D eigenvalue weighted by Gasteiger charge is 2.13. The quantitative estimate of drug-likeness (QED) is 0.764. The molecule has 1 atom stereocenters. The Hall–Kier alpha value is -1.81. The molecule has 0 saturated heterocycles. The van der Waals surface area contributed by atoms with E-state index >= 15 is 0 Å². The van der Waals surface area contributed by atoms with Crippen LogP contribution < -0.4 is 14.2 Å². The summed E-state index contributed by atoms with van der Waals surface area (Å²) >= 11 is 4.39. The molecule has 0 aliphatic heterocycles. The van der Waals surface area contributed by atoms with Gasteiger partial charge in [-0.3, -0.25) is 0 Å². The molecule has 0 saturated carbocycles. The SMILES string of the molecule is COc1cccc(-c2cccc(OC)c2OCCC(C)S)c1. The Kier molecular flexibility index (Phi) is 6.01. The Labute approximate surface area is 137 Å². The molecule has 0 radical (unpaired) electrons. The van der Waals surface area contributed by atoms with Crippen molar-refractivity contribution in [1.29, 1.82) is 0 Å². The number of para-hydroxylation sites is 1. The van der Waals surface area contributed by atoms with E-state index in [1.165, 1.54) is 0 Å². The van der Waals surface area contributed by atoms with Crippen LogP contribution in [0, 0.1) is 0 Å². The third-order valence-corrected chi connectivity index (χ3v) is 3.62. The van der Waals surface area contributed by atoms with Gasteiger partial charge in [-0.25, -0.2) is 0 Å². The van der Waals surface area contributed by atoms with Crippen LogP contribution in [-0.4, -0.2) is 26.1 Å². The summed E-state index contributed by atoms with van der Waals surface area (Å²) in [4.78, 5) is 0. The smallest absolute Gasteiger partial charge is 0.168 e. The second-order valence-electron chi connectivity index (χ2n) is 5.06. The summed E-state index contributed by atoms with van der Waals surface area (Å²) in [5.41, 5.74) is 2.03. The zero-order chi connectivity index (χ0) is 15.9. The van der Waals surface area contributed by atoms with E-state index in [0.717, 1.165) is 34.8 Å². The van der Waals surface area contributed by atoms with Crippen molar-refractivity contribution in [3.05, 3.63) is 42.5 Å². The first-order valence-corrected chi connectivity index (χ1v) is 7.79. The fourth-order valence-electron chi connectivity index (χ4n) is 2.17. The number of ether oxygens (including phenoxy) is 3. The third kappa shape index (κ3) is 4.10. The normalized spacial score (nSPS) is 11.8.